The molecule has 2 aromatic rings. The summed E-state index contributed by atoms with van der Waals surface area (Å²) in [5.41, 5.74) is 1.92. The molecule has 0 bridgehead atoms. The molecule has 22 heavy (non-hydrogen) atoms. The number of H-pyrrole nitrogens is 1. The van der Waals surface area contributed by atoms with Crippen LogP contribution in [0.1, 0.15) is 0 Å². The quantitative estimate of drug-likeness (QED) is 0.832. The van der Waals surface area contributed by atoms with E-state index in [9.17, 15) is 9.59 Å². The fourth-order valence-corrected chi connectivity index (χ4v) is 2.37. The van der Waals surface area contributed by atoms with Gasteiger partial charge < -0.3 is 15.2 Å². The van der Waals surface area contributed by atoms with Crippen molar-refractivity contribution < 1.29 is 4.79 Å². The van der Waals surface area contributed by atoms with Gasteiger partial charge in [0.05, 0.1) is 11.7 Å². The van der Waals surface area contributed by atoms with Gasteiger partial charge >= 0.3 is 0 Å². The Labute approximate surface area is 127 Å². The standard InChI is InChI=1S/C16H16N4O2/c1-2-15(21)20-9-12(10-20)19-14-7-11(8-18-16(14)22)13-5-3-4-6-17-13/h2-8,12,19H,1,9-10H2,(H,18,22). The van der Waals surface area contributed by atoms with Crippen LogP contribution < -0.4 is 10.9 Å². The Bertz CT molecular complexity index is 748. The van der Waals surface area contributed by atoms with E-state index in [-0.39, 0.29) is 17.5 Å². The van der Waals surface area contributed by atoms with Gasteiger partial charge in [-0.3, -0.25) is 14.6 Å². The van der Waals surface area contributed by atoms with Gasteiger partial charge in [0.1, 0.15) is 5.69 Å². The van der Waals surface area contributed by atoms with Crippen molar-refractivity contribution >= 4 is 11.6 Å². The monoisotopic (exact) mass is 296 g/mol. The van der Waals surface area contributed by atoms with Gasteiger partial charge in [-0.05, 0) is 24.3 Å². The van der Waals surface area contributed by atoms with Crippen LogP contribution in [0.5, 0.6) is 0 Å². The highest BCUT2D eigenvalue weighted by Crippen LogP contribution is 2.19. The zero-order chi connectivity index (χ0) is 15.5. The maximum atomic E-state index is 11.9. The third kappa shape index (κ3) is 2.76. The third-order valence-corrected chi connectivity index (χ3v) is 3.59. The first-order chi connectivity index (χ1) is 10.7. The number of carbonyl (C=O) groups excluding carboxylic acids is 1. The van der Waals surface area contributed by atoms with Gasteiger partial charge in [-0.1, -0.05) is 12.6 Å². The van der Waals surface area contributed by atoms with Crippen molar-refractivity contribution in [3.63, 3.8) is 0 Å². The van der Waals surface area contributed by atoms with Gasteiger partial charge in [0.15, 0.2) is 0 Å². The highest BCUT2D eigenvalue weighted by molar-refractivity contribution is 5.87. The number of aromatic nitrogens is 2. The van der Waals surface area contributed by atoms with Crippen LogP contribution in [0.3, 0.4) is 0 Å². The molecule has 1 aliphatic heterocycles. The highest BCUT2D eigenvalue weighted by atomic mass is 16.2. The molecule has 112 valence electrons. The first kappa shape index (κ1) is 14.1. The number of nitrogens with zero attached hydrogens (tertiary/aromatic N) is 2. The Morgan fingerprint density at radius 3 is 2.95 bits per heavy atom. The molecule has 0 atom stereocenters. The fourth-order valence-electron chi connectivity index (χ4n) is 2.37. The lowest BCUT2D eigenvalue weighted by molar-refractivity contribution is -0.129. The van der Waals surface area contributed by atoms with Gasteiger partial charge in [0.2, 0.25) is 5.91 Å². The van der Waals surface area contributed by atoms with Crippen molar-refractivity contribution in [1.29, 1.82) is 0 Å². The molecule has 2 N–H and O–H groups in total. The first-order valence-corrected chi connectivity index (χ1v) is 6.99. The Kier molecular flexibility index (Phi) is 3.74. The smallest absolute Gasteiger partial charge is 0.271 e. The van der Waals surface area contributed by atoms with E-state index in [2.05, 4.69) is 21.9 Å². The maximum Gasteiger partial charge on any atom is 0.271 e. The molecule has 1 saturated heterocycles. The summed E-state index contributed by atoms with van der Waals surface area (Å²) in [5.74, 6) is -0.0887. The van der Waals surface area contributed by atoms with Crippen molar-refractivity contribution in [2.24, 2.45) is 0 Å². The fraction of sp³-hybridized carbons (Fsp3) is 0.188. The van der Waals surface area contributed by atoms with Crippen molar-refractivity contribution in [1.82, 2.24) is 14.9 Å². The predicted molar refractivity (Wildman–Crippen MR) is 84.5 cm³/mol. The van der Waals surface area contributed by atoms with Gasteiger partial charge in [-0.2, -0.15) is 0 Å². The molecule has 0 spiro atoms. The Morgan fingerprint density at radius 2 is 2.27 bits per heavy atom. The van der Waals surface area contributed by atoms with Crippen molar-refractivity contribution in [2.45, 2.75) is 6.04 Å². The molecule has 0 unspecified atom stereocenters. The van der Waals surface area contributed by atoms with Gasteiger partial charge in [0, 0.05) is 31.0 Å². The van der Waals surface area contributed by atoms with Crippen molar-refractivity contribution in [3.8, 4) is 11.3 Å². The third-order valence-electron chi connectivity index (χ3n) is 3.59. The zero-order valence-electron chi connectivity index (χ0n) is 12.0. The molecule has 0 aromatic carbocycles. The molecule has 1 amide bonds. The first-order valence-electron chi connectivity index (χ1n) is 6.99. The van der Waals surface area contributed by atoms with Crippen LogP contribution >= 0.6 is 0 Å². The molecule has 1 fully saturated rings. The van der Waals surface area contributed by atoms with E-state index in [0.717, 1.165) is 11.3 Å². The predicted octanol–water partition coefficient (Wildman–Crippen LogP) is 1.25. The molecule has 3 heterocycles. The molecule has 3 rings (SSSR count). The maximum absolute atomic E-state index is 11.9. The number of pyridine rings is 2. The van der Waals surface area contributed by atoms with Crippen LogP contribution in [0.2, 0.25) is 0 Å². The van der Waals surface area contributed by atoms with Crippen LogP contribution in [0, 0.1) is 0 Å². The summed E-state index contributed by atoms with van der Waals surface area (Å²) in [7, 11) is 0. The summed E-state index contributed by atoms with van der Waals surface area (Å²) < 4.78 is 0. The van der Waals surface area contributed by atoms with Crippen LogP contribution in [0.4, 0.5) is 5.69 Å². The van der Waals surface area contributed by atoms with E-state index in [1.807, 2.05) is 18.2 Å². The molecule has 2 aromatic heterocycles. The number of likely N-dealkylation sites (tertiary alicyclic amines) is 1. The second-order valence-corrected chi connectivity index (χ2v) is 5.13. The second-order valence-electron chi connectivity index (χ2n) is 5.13. The SMILES string of the molecule is C=CC(=O)N1CC(Nc2cc(-c3ccccn3)c[nH]c2=O)C1. The normalized spacial score (nSPS) is 14.3. The number of rotatable bonds is 4. The Hall–Kier alpha value is -2.89. The summed E-state index contributed by atoms with van der Waals surface area (Å²) >= 11 is 0. The van der Waals surface area contributed by atoms with E-state index in [0.29, 0.717) is 18.8 Å². The minimum Gasteiger partial charge on any atom is -0.374 e. The molecule has 0 aliphatic carbocycles. The Balaban J connectivity index is 1.74. The number of anilines is 1. The molecule has 1 aliphatic rings. The van der Waals surface area contributed by atoms with Crippen molar-refractivity contribution in [2.75, 3.05) is 18.4 Å². The van der Waals surface area contributed by atoms with Crippen LogP contribution in [-0.2, 0) is 4.79 Å². The summed E-state index contributed by atoms with van der Waals surface area (Å²) in [6.45, 7) is 4.59. The lowest BCUT2D eigenvalue weighted by Crippen LogP contribution is -2.56. The molecule has 6 heteroatoms. The second kappa shape index (κ2) is 5.85. The molecule has 0 radical (unpaired) electrons. The number of amides is 1. The van der Waals surface area contributed by atoms with Crippen LogP contribution in [0.15, 0.2) is 54.1 Å². The minimum absolute atomic E-state index is 0.0731. The number of carbonyl (C=O) groups is 1. The number of hydrogen-bond acceptors (Lipinski definition) is 4. The topological polar surface area (TPSA) is 78.1 Å². The zero-order valence-corrected chi connectivity index (χ0v) is 12.0. The van der Waals surface area contributed by atoms with Crippen LogP contribution in [-0.4, -0.2) is 39.9 Å². The number of hydrogen-bond donors (Lipinski definition) is 2. The summed E-state index contributed by atoms with van der Waals surface area (Å²) in [5, 5.41) is 3.17. The van der Waals surface area contributed by atoms with Crippen molar-refractivity contribution in [3.05, 3.63) is 59.7 Å². The molecular weight excluding hydrogens is 280 g/mol. The summed E-state index contributed by atoms with van der Waals surface area (Å²) in [4.78, 5) is 32.0. The lowest BCUT2D eigenvalue weighted by Gasteiger charge is -2.39. The minimum atomic E-state index is -0.187. The van der Waals surface area contributed by atoms with E-state index in [1.165, 1.54) is 6.08 Å². The van der Waals surface area contributed by atoms with Gasteiger partial charge in [-0.25, -0.2) is 0 Å². The molecule has 0 saturated carbocycles. The summed E-state index contributed by atoms with van der Waals surface area (Å²) in [6.07, 6.45) is 4.65. The van der Waals surface area contributed by atoms with Crippen LogP contribution in [0.25, 0.3) is 11.3 Å². The van der Waals surface area contributed by atoms with E-state index in [1.54, 1.807) is 23.4 Å². The largest absolute Gasteiger partial charge is 0.374 e. The highest BCUT2D eigenvalue weighted by Gasteiger charge is 2.29. The van der Waals surface area contributed by atoms with E-state index < -0.39 is 0 Å². The Morgan fingerprint density at radius 1 is 1.45 bits per heavy atom. The molecule has 6 nitrogen and oxygen atoms in total. The van der Waals surface area contributed by atoms with Gasteiger partial charge in [-0.15, -0.1) is 0 Å². The lowest BCUT2D eigenvalue weighted by atomic mass is 10.1. The number of aromatic amines is 1. The van der Waals surface area contributed by atoms with Gasteiger partial charge in [0.25, 0.3) is 5.56 Å². The average molecular weight is 296 g/mol. The average Bonchev–Trinajstić information content (AvgIpc) is 2.52. The van der Waals surface area contributed by atoms with E-state index in [4.69, 9.17) is 0 Å². The number of nitrogens with one attached hydrogen (secondary N) is 2. The summed E-state index contributed by atoms with van der Waals surface area (Å²) in [6, 6.07) is 7.47. The van der Waals surface area contributed by atoms with E-state index >= 15 is 0 Å². The molecular formula is C16H16N4O2.